The highest BCUT2D eigenvalue weighted by Gasteiger charge is 2.24. The molecular formula is C13H16FN3O2S. The molecular weight excluding hydrogens is 281 g/mol. The molecule has 0 saturated heterocycles. The molecule has 1 aromatic rings. The Morgan fingerprint density at radius 3 is 2.95 bits per heavy atom. The van der Waals surface area contributed by atoms with Gasteiger partial charge in [-0.3, -0.25) is 9.59 Å². The minimum absolute atomic E-state index is 0.121. The smallest absolute Gasteiger partial charge is 0.239 e. The third-order valence-corrected chi connectivity index (χ3v) is 4.15. The lowest BCUT2D eigenvalue weighted by atomic mass is 10.0. The van der Waals surface area contributed by atoms with Crippen molar-refractivity contribution in [1.29, 1.82) is 0 Å². The van der Waals surface area contributed by atoms with Gasteiger partial charge in [-0.1, -0.05) is 12.1 Å². The van der Waals surface area contributed by atoms with Crippen LogP contribution in [0.2, 0.25) is 0 Å². The van der Waals surface area contributed by atoms with Crippen LogP contribution in [0.4, 0.5) is 4.39 Å². The topological polar surface area (TPSA) is 84.2 Å². The molecule has 108 valence electrons. The molecule has 0 saturated carbocycles. The first-order valence-corrected chi connectivity index (χ1v) is 7.27. The molecule has 0 aromatic heterocycles. The number of halogens is 1. The van der Waals surface area contributed by atoms with Gasteiger partial charge in [-0.2, -0.15) is 0 Å². The van der Waals surface area contributed by atoms with Crippen LogP contribution in [0, 0.1) is 5.82 Å². The zero-order valence-corrected chi connectivity index (χ0v) is 11.6. The highest BCUT2D eigenvalue weighted by molar-refractivity contribution is 7.99. The predicted octanol–water partition coefficient (Wildman–Crippen LogP) is 0.554. The van der Waals surface area contributed by atoms with E-state index in [4.69, 9.17) is 5.73 Å². The van der Waals surface area contributed by atoms with Gasteiger partial charge in [0.2, 0.25) is 11.8 Å². The average Bonchev–Trinajstić information content (AvgIpc) is 2.46. The van der Waals surface area contributed by atoms with Gasteiger partial charge in [0, 0.05) is 10.6 Å². The standard InChI is InChI=1S/C13H16FN3O2S/c14-9-3-1-2-8-10(4-5-20-13(8)9)17-12(19)7-16-11(18)6-15/h1-3,10H,4-7,15H2,(H,16,18)(H,17,19). The molecule has 20 heavy (non-hydrogen) atoms. The van der Waals surface area contributed by atoms with Crippen LogP contribution in [-0.2, 0) is 9.59 Å². The van der Waals surface area contributed by atoms with E-state index >= 15 is 0 Å². The van der Waals surface area contributed by atoms with Gasteiger partial charge in [0.05, 0.1) is 19.1 Å². The third-order valence-electron chi connectivity index (χ3n) is 2.99. The summed E-state index contributed by atoms with van der Waals surface area (Å²) in [7, 11) is 0. The van der Waals surface area contributed by atoms with Gasteiger partial charge in [0.25, 0.3) is 0 Å². The molecule has 1 aliphatic rings. The quantitative estimate of drug-likeness (QED) is 0.758. The maximum Gasteiger partial charge on any atom is 0.239 e. The Hall–Kier alpha value is -1.60. The second kappa shape index (κ2) is 6.71. The number of amides is 2. The second-order valence-electron chi connectivity index (χ2n) is 4.40. The SMILES string of the molecule is NCC(=O)NCC(=O)NC1CCSc2c(F)cccc21. The Balaban J connectivity index is 2.00. The van der Waals surface area contributed by atoms with Crippen molar-refractivity contribution in [2.75, 3.05) is 18.8 Å². The monoisotopic (exact) mass is 297 g/mol. The van der Waals surface area contributed by atoms with Crippen LogP contribution in [0.5, 0.6) is 0 Å². The number of rotatable bonds is 4. The Morgan fingerprint density at radius 2 is 2.20 bits per heavy atom. The average molecular weight is 297 g/mol. The van der Waals surface area contributed by atoms with Gasteiger partial charge in [-0.15, -0.1) is 11.8 Å². The highest BCUT2D eigenvalue weighted by atomic mass is 32.2. The first-order valence-electron chi connectivity index (χ1n) is 6.29. The van der Waals surface area contributed by atoms with Crippen molar-refractivity contribution in [2.45, 2.75) is 17.4 Å². The van der Waals surface area contributed by atoms with Crippen molar-refractivity contribution in [3.8, 4) is 0 Å². The Kier molecular flexibility index (Phi) is 4.97. The van der Waals surface area contributed by atoms with Crippen molar-refractivity contribution in [3.05, 3.63) is 29.6 Å². The third kappa shape index (κ3) is 3.49. The fourth-order valence-corrected chi connectivity index (χ4v) is 3.17. The predicted molar refractivity (Wildman–Crippen MR) is 74.7 cm³/mol. The number of nitrogens with one attached hydrogen (secondary N) is 2. The maximum atomic E-state index is 13.7. The van der Waals surface area contributed by atoms with E-state index in [0.29, 0.717) is 4.90 Å². The van der Waals surface area contributed by atoms with Crippen molar-refractivity contribution in [3.63, 3.8) is 0 Å². The fraction of sp³-hybridized carbons (Fsp3) is 0.385. The van der Waals surface area contributed by atoms with Crippen molar-refractivity contribution in [1.82, 2.24) is 10.6 Å². The molecule has 1 aromatic carbocycles. The minimum atomic E-state index is -0.384. The van der Waals surface area contributed by atoms with Gasteiger partial charge < -0.3 is 16.4 Å². The largest absolute Gasteiger partial charge is 0.348 e. The summed E-state index contributed by atoms with van der Waals surface area (Å²) in [5.41, 5.74) is 5.93. The van der Waals surface area contributed by atoms with Crippen LogP contribution in [0.25, 0.3) is 0 Å². The number of benzene rings is 1. The minimum Gasteiger partial charge on any atom is -0.348 e. The zero-order chi connectivity index (χ0) is 14.5. The number of hydrogen-bond acceptors (Lipinski definition) is 4. The summed E-state index contributed by atoms with van der Waals surface area (Å²) in [5.74, 6) is -0.207. The molecule has 1 unspecified atom stereocenters. The zero-order valence-electron chi connectivity index (χ0n) is 10.8. The van der Waals surface area contributed by atoms with E-state index in [2.05, 4.69) is 10.6 Å². The molecule has 0 fully saturated rings. The second-order valence-corrected chi connectivity index (χ2v) is 5.50. The molecule has 0 radical (unpaired) electrons. The van der Waals surface area contributed by atoms with Gasteiger partial charge in [0.15, 0.2) is 0 Å². The molecule has 0 bridgehead atoms. The van der Waals surface area contributed by atoms with E-state index in [-0.39, 0.29) is 36.8 Å². The number of nitrogens with two attached hydrogens (primary N) is 1. The highest BCUT2D eigenvalue weighted by Crippen LogP contribution is 2.37. The Morgan fingerprint density at radius 1 is 1.40 bits per heavy atom. The van der Waals surface area contributed by atoms with E-state index in [1.54, 1.807) is 6.07 Å². The molecule has 7 heteroatoms. The van der Waals surface area contributed by atoms with E-state index < -0.39 is 0 Å². The maximum absolute atomic E-state index is 13.7. The Bertz CT molecular complexity index is 524. The summed E-state index contributed by atoms with van der Waals surface area (Å²) in [4.78, 5) is 23.3. The fourth-order valence-electron chi connectivity index (χ4n) is 2.03. The van der Waals surface area contributed by atoms with Gasteiger partial charge in [-0.25, -0.2) is 4.39 Å². The number of thioether (sulfide) groups is 1. The normalized spacial score (nSPS) is 17.2. The molecule has 4 N–H and O–H groups in total. The van der Waals surface area contributed by atoms with E-state index in [1.807, 2.05) is 6.07 Å². The van der Waals surface area contributed by atoms with Gasteiger partial charge in [0.1, 0.15) is 5.82 Å². The molecule has 0 aliphatic carbocycles. The lowest BCUT2D eigenvalue weighted by Gasteiger charge is -2.26. The first-order chi connectivity index (χ1) is 9.61. The van der Waals surface area contributed by atoms with Gasteiger partial charge >= 0.3 is 0 Å². The summed E-state index contributed by atoms with van der Waals surface area (Å²) >= 11 is 1.46. The van der Waals surface area contributed by atoms with Crippen molar-refractivity contribution >= 4 is 23.6 Å². The lowest BCUT2D eigenvalue weighted by molar-refractivity contribution is -0.125. The Labute approximate surface area is 120 Å². The van der Waals surface area contributed by atoms with E-state index in [9.17, 15) is 14.0 Å². The number of carbonyl (C=O) groups excluding carboxylic acids is 2. The van der Waals surface area contributed by atoms with Gasteiger partial charge in [-0.05, 0) is 18.1 Å². The first kappa shape index (κ1) is 14.8. The molecule has 2 rings (SSSR count). The summed E-state index contributed by atoms with van der Waals surface area (Å²) in [5, 5.41) is 5.21. The molecule has 2 amide bonds. The van der Waals surface area contributed by atoms with Crippen LogP contribution in [0.1, 0.15) is 18.0 Å². The van der Waals surface area contributed by atoms with Crippen LogP contribution >= 0.6 is 11.8 Å². The van der Waals surface area contributed by atoms with Crippen molar-refractivity contribution in [2.24, 2.45) is 5.73 Å². The van der Waals surface area contributed by atoms with Crippen LogP contribution < -0.4 is 16.4 Å². The van der Waals surface area contributed by atoms with Crippen LogP contribution in [-0.4, -0.2) is 30.7 Å². The molecule has 0 spiro atoms. The summed E-state index contributed by atoms with van der Waals surface area (Å²) in [6.07, 6.45) is 0.734. The molecule has 5 nitrogen and oxygen atoms in total. The van der Waals surface area contributed by atoms with Crippen LogP contribution in [0.15, 0.2) is 23.1 Å². The van der Waals surface area contributed by atoms with E-state index in [0.717, 1.165) is 17.7 Å². The summed E-state index contributed by atoms with van der Waals surface area (Å²) in [6, 6.07) is 4.64. The molecule has 1 atom stereocenters. The summed E-state index contributed by atoms with van der Waals surface area (Å²) in [6.45, 7) is -0.272. The molecule has 1 heterocycles. The van der Waals surface area contributed by atoms with E-state index in [1.165, 1.54) is 17.8 Å². The van der Waals surface area contributed by atoms with Crippen LogP contribution in [0.3, 0.4) is 0 Å². The number of hydrogen-bond donors (Lipinski definition) is 3. The lowest BCUT2D eigenvalue weighted by Crippen LogP contribution is -2.41. The number of fused-ring (bicyclic) bond motifs is 1. The number of carbonyl (C=O) groups is 2. The molecule has 1 aliphatic heterocycles. The van der Waals surface area contributed by atoms with Crippen molar-refractivity contribution < 1.29 is 14.0 Å². The summed E-state index contributed by atoms with van der Waals surface area (Å²) < 4.78 is 13.7.